The maximum absolute atomic E-state index is 9.73. The van der Waals surface area contributed by atoms with Crippen molar-refractivity contribution in [3.05, 3.63) is 0 Å². The number of rotatable bonds is 4. The van der Waals surface area contributed by atoms with Crippen molar-refractivity contribution in [2.75, 3.05) is 19.6 Å². The van der Waals surface area contributed by atoms with Crippen LogP contribution >= 0.6 is 0 Å². The number of hydrogen-bond acceptors (Lipinski definition) is 2. The third kappa shape index (κ3) is 2.20. The summed E-state index contributed by atoms with van der Waals surface area (Å²) >= 11 is 0. The third-order valence-corrected chi connectivity index (χ3v) is 2.96. The Bertz CT molecular complexity index is 138. The Hall–Kier alpha value is -0.0800. The molecule has 2 heteroatoms. The van der Waals surface area contributed by atoms with Crippen molar-refractivity contribution in [3.8, 4) is 0 Å². The zero-order valence-corrected chi connectivity index (χ0v) is 8.51. The average Bonchev–Trinajstić information content (AvgIpc) is 2.01. The molecule has 0 bridgehead atoms. The molecule has 1 aliphatic rings. The van der Waals surface area contributed by atoms with Gasteiger partial charge in [0.05, 0.1) is 5.60 Å². The summed E-state index contributed by atoms with van der Waals surface area (Å²) in [7, 11) is 0. The first-order chi connectivity index (χ1) is 5.59. The van der Waals surface area contributed by atoms with Crippen LogP contribution in [0.5, 0.6) is 0 Å². The minimum atomic E-state index is -0.354. The van der Waals surface area contributed by atoms with Gasteiger partial charge in [-0.05, 0) is 12.3 Å². The van der Waals surface area contributed by atoms with E-state index in [2.05, 4.69) is 25.7 Å². The monoisotopic (exact) mass is 171 g/mol. The van der Waals surface area contributed by atoms with E-state index in [4.69, 9.17) is 0 Å². The molecule has 1 saturated heterocycles. The van der Waals surface area contributed by atoms with E-state index < -0.39 is 0 Å². The van der Waals surface area contributed by atoms with Crippen LogP contribution in [0, 0.1) is 5.92 Å². The van der Waals surface area contributed by atoms with E-state index in [1.54, 1.807) is 0 Å². The summed E-state index contributed by atoms with van der Waals surface area (Å²) in [4.78, 5) is 2.34. The smallest absolute Gasteiger partial charge is 0.0897 e. The normalized spacial score (nSPS) is 25.0. The summed E-state index contributed by atoms with van der Waals surface area (Å²) in [5.74, 6) is 0.770. The van der Waals surface area contributed by atoms with Crippen molar-refractivity contribution in [1.29, 1.82) is 0 Å². The molecule has 1 unspecified atom stereocenters. The first kappa shape index (κ1) is 10.0. The van der Waals surface area contributed by atoms with Crippen LogP contribution in [0.2, 0.25) is 0 Å². The van der Waals surface area contributed by atoms with Crippen LogP contribution in [0.25, 0.3) is 0 Å². The molecule has 0 aromatic rings. The molecule has 0 spiro atoms. The van der Waals surface area contributed by atoms with Gasteiger partial charge in [0.2, 0.25) is 0 Å². The molecule has 1 aliphatic heterocycles. The van der Waals surface area contributed by atoms with Crippen molar-refractivity contribution in [2.45, 2.75) is 39.2 Å². The second-order valence-electron chi connectivity index (χ2n) is 4.26. The van der Waals surface area contributed by atoms with Crippen LogP contribution in [0.1, 0.15) is 33.6 Å². The third-order valence-electron chi connectivity index (χ3n) is 2.96. The number of likely N-dealkylation sites (tertiary alicyclic amines) is 1. The zero-order chi connectivity index (χ0) is 9.19. The van der Waals surface area contributed by atoms with Gasteiger partial charge in [-0.25, -0.2) is 0 Å². The zero-order valence-electron chi connectivity index (χ0n) is 8.51. The minimum Gasteiger partial charge on any atom is -0.387 e. The molecule has 1 atom stereocenters. The minimum absolute atomic E-state index is 0.354. The fourth-order valence-electron chi connectivity index (χ4n) is 1.71. The van der Waals surface area contributed by atoms with E-state index in [1.807, 2.05) is 0 Å². The molecule has 0 aliphatic carbocycles. The molecule has 72 valence electrons. The van der Waals surface area contributed by atoms with E-state index in [0.29, 0.717) is 0 Å². The van der Waals surface area contributed by atoms with Gasteiger partial charge in [0, 0.05) is 19.6 Å². The van der Waals surface area contributed by atoms with Gasteiger partial charge < -0.3 is 5.11 Å². The summed E-state index contributed by atoms with van der Waals surface area (Å²) in [5, 5.41) is 9.73. The van der Waals surface area contributed by atoms with E-state index >= 15 is 0 Å². The van der Waals surface area contributed by atoms with E-state index in [9.17, 15) is 5.11 Å². The summed E-state index contributed by atoms with van der Waals surface area (Å²) in [6, 6.07) is 0. The molecule has 1 N–H and O–H groups in total. The van der Waals surface area contributed by atoms with Crippen LogP contribution in [0.4, 0.5) is 0 Å². The van der Waals surface area contributed by atoms with Crippen LogP contribution in [0.3, 0.4) is 0 Å². The molecule has 1 heterocycles. The molecular formula is C10H21NO. The molecule has 0 aromatic carbocycles. The fourth-order valence-corrected chi connectivity index (χ4v) is 1.71. The van der Waals surface area contributed by atoms with Crippen molar-refractivity contribution in [3.63, 3.8) is 0 Å². The highest BCUT2D eigenvalue weighted by atomic mass is 16.3. The molecule has 1 rings (SSSR count). The maximum atomic E-state index is 9.73. The lowest BCUT2D eigenvalue weighted by Crippen LogP contribution is -2.61. The second kappa shape index (κ2) is 3.75. The Morgan fingerprint density at radius 3 is 2.42 bits per heavy atom. The molecule has 0 radical (unpaired) electrons. The molecule has 0 aromatic heterocycles. The lowest BCUT2D eigenvalue weighted by molar-refractivity contribution is -0.103. The number of β-amino-alcohol motifs (C(OH)–C–C–N with tert-alkyl or cyclic N) is 1. The summed E-state index contributed by atoms with van der Waals surface area (Å²) in [5.41, 5.74) is -0.354. The molecular weight excluding hydrogens is 150 g/mol. The van der Waals surface area contributed by atoms with Crippen LogP contribution in [-0.2, 0) is 0 Å². The van der Waals surface area contributed by atoms with Gasteiger partial charge in [-0.3, -0.25) is 4.90 Å². The predicted octanol–water partition coefficient (Wildman–Crippen LogP) is 1.49. The Labute approximate surface area is 75.6 Å². The highest BCUT2D eigenvalue weighted by Gasteiger charge is 2.39. The summed E-state index contributed by atoms with van der Waals surface area (Å²) in [6.07, 6.45) is 2.13. The first-order valence-corrected chi connectivity index (χ1v) is 5.04. The Morgan fingerprint density at radius 1 is 1.42 bits per heavy atom. The van der Waals surface area contributed by atoms with Crippen LogP contribution in [-0.4, -0.2) is 35.2 Å². The lowest BCUT2D eigenvalue weighted by atomic mass is 9.90. The van der Waals surface area contributed by atoms with Gasteiger partial charge in [0.15, 0.2) is 0 Å². The number of hydrogen-bond donors (Lipinski definition) is 1. The van der Waals surface area contributed by atoms with Crippen molar-refractivity contribution < 1.29 is 5.11 Å². The van der Waals surface area contributed by atoms with Gasteiger partial charge in [0.1, 0.15) is 0 Å². The summed E-state index contributed by atoms with van der Waals surface area (Å²) in [6.45, 7) is 9.46. The quantitative estimate of drug-likeness (QED) is 0.692. The topological polar surface area (TPSA) is 23.5 Å². The standard InChI is InChI=1S/C10H21NO/c1-4-9(3)6-11-7-10(12,5-2)8-11/h9,12H,4-8H2,1-3H3. The molecule has 0 amide bonds. The fraction of sp³-hybridized carbons (Fsp3) is 1.00. The van der Waals surface area contributed by atoms with Crippen LogP contribution in [0.15, 0.2) is 0 Å². The van der Waals surface area contributed by atoms with E-state index in [-0.39, 0.29) is 5.60 Å². The SMILES string of the molecule is CCC(C)CN1CC(O)(CC)C1. The highest BCUT2D eigenvalue weighted by Crippen LogP contribution is 2.24. The average molecular weight is 171 g/mol. The maximum Gasteiger partial charge on any atom is 0.0897 e. The van der Waals surface area contributed by atoms with E-state index in [0.717, 1.165) is 32.0 Å². The van der Waals surface area contributed by atoms with Gasteiger partial charge in [-0.15, -0.1) is 0 Å². The predicted molar refractivity (Wildman–Crippen MR) is 51.1 cm³/mol. The molecule has 2 nitrogen and oxygen atoms in total. The molecule has 1 fully saturated rings. The molecule has 0 saturated carbocycles. The number of nitrogens with zero attached hydrogens (tertiary/aromatic N) is 1. The van der Waals surface area contributed by atoms with Gasteiger partial charge >= 0.3 is 0 Å². The molecule has 12 heavy (non-hydrogen) atoms. The lowest BCUT2D eigenvalue weighted by Gasteiger charge is -2.47. The van der Waals surface area contributed by atoms with Gasteiger partial charge in [0.25, 0.3) is 0 Å². The Morgan fingerprint density at radius 2 is 2.00 bits per heavy atom. The number of aliphatic hydroxyl groups is 1. The van der Waals surface area contributed by atoms with Crippen molar-refractivity contribution in [1.82, 2.24) is 4.90 Å². The largest absolute Gasteiger partial charge is 0.387 e. The Balaban J connectivity index is 2.17. The van der Waals surface area contributed by atoms with Crippen LogP contribution < -0.4 is 0 Å². The van der Waals surface area contributed by atoms with Gasteiger partial charge in [-0.2, -0.15) is 0 Å². The summed E-state index contributed by atoms with van der Waals surface area (Å²) < 4.78 is 0. The highest BCUT2D eigenvalue weighted by molar-refractivity contribution is 4.94. The van der Waals surface area contributed by atoms with Crippen molar-refractivity contribution in [2.24, 2.45) is 5.92 Å². The van der Waals surface area contributed by atoms with E-state index in [1.165, 1.54) is 6.42 Å². The van der Waals surface area contributed by atoms with Gasteiger partial charge in [-0.1, -0.05) is 27.2 Å². The second-order valence-corrected chi connectivity index (χ2v) is 4.26. The van der Waals surface area contributed by atoms with Crippen molar-refractivity contribution >= 4 is 0 Å². The first-order valence-electron chi connectivity index (χ1n) is 5.04. The Kier molecular flexibility index (Phi) is 3.13.